The van der Waals surface area contributed by atoms with Crippen LogP contribution in [-0.4, -0.2) is 12.7 Å². The number of hydrogen-bond donors (Lipinski definition) is 0. The molecule has 0 aliphatic carbocycles. The molecule has 1 saturated heterocycles. The van der Waals surface area contributed by atoms with Crippen molar-refractivity contribution < 1.29 is 4.74 Å². The van der Waals surface area contributed by atoms with E-state index < -0.39 is 0 Å². The summed E-state index contributed by atoms with van der Waals surface area (Å²) in [6, 6.07) is 4.44. The fourth-order valence-electron chi connectivity index (χ4n) is 2.23. The Labute approximate surface area is 104 Å². The summed E-state index contributed by atoms with van der Waals surface area (Å²) in [6.07, 6.45) is 2.75. The van der Waals surface area contributed by atoms with E-state index >= 15 is 0 Å². The van der Waals surface area contributed by atoms with E-state index in [2.05, 4.69) is 41.9 Å². The lowest BCUT2D eigenvalue weighted by atomic mass is 9.95. The van der Waals surface area contributed by atoms with Gasteiger partial charge < -0.3 is 4.74 Å². The van der Waals surface area contributed by atoms with Gasteiger partial charge >= 0.3 is 0 Å². The quantitative estimate of drug-likeness (QED) is 0.753. The van der Waals surface area contributed by atoms with Crippen LogP contribution < -0.4 is 0 Å². The van der Waals surface area contributed by atoms with Crippen LogP contribution in [0.4, 0.5) is 0 Å². The van der Waals surface area contributed by atoms with Crippen LogP contribution >= 0.6 is 27.3 Å². The normalized spacial score (nSPS) is 28.2. The third-order valence-electron chi connectivity index (χ3n) is 3.07. The molecule has 0 amide bonds. The molecule has 2 rings (SSSR count). The van der Waals surface area contributed by atoms with Crippen LogP contribution in [0.15, 0.2) is 12.1 Å². The number of aryl methyl sites for hydroxylation is 1. The van der Waals surface area contributed by atoms with Gasteiger partial charge in [0.2, 0.25) is 0 Å². The molecule has 15 heavy (non-hydrogen) atoms. The molecule has 1 aromatic heterocycles. The maximum Gasteiger partial charge on any atom is 0.0615 e. The van der Waals surface area contributed by atoms with Gasteiger partial charge in [-0.15, -0.1) is 11.3 Å². The topological polar surface area (TPSA) is 9.23 Å². The number of thiophene rings is 1. The predicted octanol–water partition coefficient (Wildman–Crippen LogP) is 4.31. The molecule has 0 saturated carbocycles. The zero-order chi connectivity index (χ0) is 10.8. The molecule has 3 heteroatoms. The molecular weight excluding hydrogens is 272 g/mol. The summed E-state index contributed by atoms with van der Waals surface area (Å²) < 4.78 is 5.74. The van der Waals surface area contributed by atoms with Crippen molar-refractivity contribution in [1.82, 2.24) is 0 Å². The molecule has 0 aromatic carbocycles. The second kappa shape index (κ2) is 4.98. The molecule has 0 radical (unpaired) electrons. The van der Waals surface area contributed by atoms with Gasteiger partial charge in [-0.3, -0.25) is 0 Å². The molecule has 1 fully saturated rings. The van der Waals surface area contributed by atoms with Crippen LogP contribution in [0.25, 0.3) is 0 Å². The molecule has 3 atom stereocenters. The Balaban J connectivity index is 2.10. The largest absolute Gasteiger partial charge is 0.378 e. The maximum absolute atomic E-state index is 5.74. The van der Waals surface area contributed by atoms with Crippen molar-refractivity contribution in [2.45, 2.75) is 37.6 Å². The Hall–Kier alpha value is 0.140. The van der Waals surface area contributed by atoms with Crippen molar-refractivity contribution in [1.29, 1.82) is 0 Å². The smallest absolute Gasteiger partial charge is 0.0615 e. The number of halogens is 1. The van der Waals surface area contributed by atoms with E-state index in [1.54, 1.807) is 0 Å². The van der Waals surface area contributed by atoms with Crippen LogP contribution in [-0.2, 0) is 4.74 Å². The van der Waals surface area contributed by atoms with E-state index in [4.69, 9.17) is 4.74 Å². The number of rotatable bonds is 3. The Kier molecular flexibility index (Phi) is 3.86. The standard InChI is InChI=1S/C12H17BrOS/c1-3-10-9(6-7-14-10)12(13)11-5-4-8(2)15-11/h4-5,9-10,12H,3,6-7H2,1-2H3. The third kappa shape index (κ3) is 2.45. The van der Waals surface area contributed by atoms with Gasteiger partial charge in [-0.25, -0.2) is 0 Å². The fourth-order valence-corrected chi connectivity index (χ4v) is 4.20. The highest BCUT2D eigenvalue weighted by atomic mass is 79.9. The monoisotopic (exact) mass is 288 g/mol. The van der Waals surface area contributed by atoms with Gasteiger partial charge in [-0.1, -0.05) is 22.9 Å². The molecular formula is C12H17BrOS. The Morgan fingerprint density at radius 3 is 3.00 bits per heavy atom. The zero-order valence-electron chi connectivity index (χ0n) is 9.20. The average Bonchev–Trinajstić information content (AvgIpc) is 2.84. The molecule has 1 aliphatic rings. The van der Waals surface area contributed by atoms with Gasteiger partial charge in [0.15, 0.2) is 0 Å². The first kappa shape index (κ1) is 11.6. The van der Waals surface area contributed by atoms with Gasteiger partial charge in [0.1, 0.15) is 0 Å². The van der Waals surface area contributed by atoms with Crippen molar-refractivity contribution in [2.75, 3.05) is 6.61 Å². The fraction of sp³-hybridized carbons (Fsp3) is 0.667. The summed E-state index contributed by atoms with van der Waals surface area (Å²) in [7, 11) is 0. The van der Waals surface area contributed by atoms with Crippen molar-refractivity contribution in [3.63, 3.8) is 0 Å². The number of ether oxygens (including phenoxy) is 1. The molecule has 2 heterocycles. The first-order chi connectivity index (χ1) is 7.22. The second-order valence-electron chi connectivity index (χ2n) is 4.12. The van der Waals surface area contributed by atoms with Crippen LogP contribution in [0.3, 0.4) is 0 Å². The summed E-state index contributed by atoms with van der Waals surface area (Å²) in [6.45, 7) is 5.30. The van der Waals surface area contributed by atoms with Crippen molar-refractivity contribution in [2.24, 2.45) is 5.92 Å². The van der Waals surface area contributed by atoms with Crippen molar-refractivity contribution in [3.05, 3.63) is 21.9 Å². The predicted molar refractivity (Wildman–Crippen MR) is 68.9 cm³/mol. The van der Waals surface area contributed by atoms with Gasteiger partial charge in [0.05, 0.1) is 10.9 Å². The Morgan fingerprint density at radius 1 is 1.60 bits per heavy atom. The van der Waals surface area contributed by atoms with E-state index in [9.17, 15) is 0 Å². The minimum Gasteiger partial charge on any atom is -0.378 e. The molecule has 0 bridgehead atoms. The SMILES string of the molecule is CCC1OCCC1C(Br)c1ccc(C)s1. The van der Waals surface area contributed by atoms with Gasteiger partial charge in [0.25, 0.3) is 0 Å². The van der Waals surface area contributed by atoms with E-state index in [0.29, 0.717) is 16.8 Å². The lowest BCUT2D eigenvalue weighted by molar-refractivity contribution is 0.0874. The minimum atomic E-state index is 0.441. The van der Waals surface area contributed by atoms with E-state index in [1.807, 2.05) is 11.3 Å². The number of alkyl halides is 1. The summed E-state index contributed by atoms with van der Waals surface area (Å²) in [5, 5.41) is 0. The lowest BCUT2D eigenvalue weighted by Crippen LogP contribution is -2.18. The van der Waals surface area contributed by atoms with Crippen LogP contribution in [0.2, 0.25) is 0 Å². The van der Waals surface area contributed by atoms with Gasteiger partial charge in [-0.2, -0.15) is 0 Å². The van der Waals surface area contributed by atoms with Crippen LogP contribution in [0.5, 0.6) is 0 Å². The zero-order valence-corrected chi connectivity index (χ0v) is 11.6. The highest BCUT2D eigenvalue weighted by Gasteiger charge is 2.33. The minimum absolute atomic E-state index is 0.441. The summed E-state index contributed by atoms with van der Waals surface area (Å²) in [5.74, 6) is 0.646. The summed E-state index contributed by atoms with van der Waals surface area (Å²) in [5.41, 5.74) is 0. The molecule has 3 unspecified atom stereocenters. The second-order valence-corrected chi connectivity index (χ2v) is 6.43. The van der Waals surface area contributed by atoms with Crippen LogP contribution in [0.1, 0.15) is 34.3 Å². The first-order valence-corrected chi connectivity index (χ1v) is 7.27. The van der Waals surface area contributed by atoms with E-state index in [1.165, 1.54) is 16.2 Å². The summed E-state index contributed by atoms with van der Waals surface area (Å²) >= 11 is 5.73. The molecule has 1 nitrogen and oxygen atoms in total. The molecule has 1 aromatic rings. The van der Waals surface area contributed by atoms with Crippen molar-refractivity contribution >= 4 is 27.3 Å². The van der Waals surface area contributed by atoms with Crippen molar-refractivity contribution in [3.8, 4) is 0 Å². The highest BCUT2D eigenvalue weighted by molar-refractivity contribution is 9.09. The van der Waals surface area contributed by atoms with Gasteiger partial charge in [-0.05, 0) is 31.9 Å². The Bertz CT molecular complexity index is 323. The molecule has 84 valence electrons. The van der Waals surface area contributed by atoms with E-state index in [-0.39, 0.29) is 0 Å². The maximum atomic E-state index is 5.74. The van der Waals surface area contributed by atoms with E-state index in [0.717, 1.165) is 13.0 Å². The third-order valence-corrected chi connectivity index (χ3v) is 5.63. The van der Waals surface area contributed by atoms with Crippen LogP contribution in [0, 0.1) is 12.8 Å². The average molecular weight is 289 g/mol. The number of hydrogen-bond acceptors (Lipinski definition) is 2. The Morgan fingerprint density at radius 2 is 2.40 bits per heavy atom. The molecule has 0 spiro atoms. The lowest BCUT2D eigenvalue weighted by Gasteiger charge is -2.21. The molecule has 1 aliphatic heterocycles. The van der Waals surface area contributed by atoms with Gasteiger partial charge in [0, 0.05) is 22.3 Å². The first-order valence-electron chi connectivity index (χ1n) is 5.54. The summed E-state index contributed by atoms with van der Waals surface area (Å²) in [4.78, 5) is 3.31. The molecule has 0 N–H and O–H groups in total. The highest BCUT2D eigenvalue weighted by Crippen LogP contribution is 2.42.